The van der Waals surface area contributed by atoms with E-state index in [0.29, 0.717) is 25.6 Å². The predicted molar refractivity (Wildman–Crippen MR) is 130 cm³/mol. The van der Waals surface area contributed by atoms with Crippen molar-refractivity contribution in [1.29, 1.82) is 0 Å². The third-order valence-corrected chi connectivity index (χ3v) is 6.77. The summed E-state index contributed by atoms with van der Waals surface area (Å²) in [6.07, 6.45) is 0. The van der Waals surface area contributed by atoms with Crippen LogP contribution in [0.1, 0.15) is 30.4 Å². The van der Waals surface area contributed by atoms with Gasteiger partial charge in [0.25, 0.3) is 11.8 Å². The van der Waals surface area contributed by atoms with Gasteiger partial charge in [-0.15, -0.1) is 11.3 Å². The Bertz CT molecular complexity index is 1370. The van der Waals surface area contributed by atoms with Crippen molar-refractivity contribution in [2.24, 2.45) is 0 Å². The molecule has 6 nitrogen and oxygen atoms in total. The first kappa shape index (κ1) is 22.0. The third-order valence-electron chi connectivity index (χ3n) is 4.61. The zero-order valence-electron chi connectivity index (χ0n) is 16.2. The number of nitrogens with one attached hydrogen (secondary N) is 2. The molecule has 0 bridgehead atoms. The fourth-order valence-corrected chi connectivity index (χ4v) is 4.82. The van der Waals surface area contributed by atoms with E-state index in [1.165, 1.54) is 35.6 Å². The van der Waals surface area contributed by atoms with Crippen molar-refractivity contribution in [1.82, 2.24) is 0 Å². The Labute approximate surface area is 200 Å². The van der Waals surface area contributed by atoms with E-state index in [1.54, 1.807) is 18.2 Å². The van der Waals surface area contributed by atoms with Gasteiger partial charge < -0.3 is 15.7 Å². The highest BCUT2D eigenvalue weighted by Gasteiger charge is 2.18. The van der Waals surface area contributed by atoms with Crippen LogP contribution in [0.25, 0.3) is 10.1 Å². The van der Waals surface area contributed by atoms with E-state index >= 15 is 0 Å². The van der Waals surface area contributed by atoms with Gasteiger partial charge in [0.2, 0.25) is 0 Å². The lowest BCUT2D eigenvalue weighted by molar-refractivity contribution is 0.0697. The highest BCUT2D eigenvalue weighted by Crippen LogP contribution is 2.35. The summed E-state index contributed by atoms with van der Waals surface area (Å²) < 4.78 is 1.51. The number of rotatable bonds is 5. The van der Waals surface area contributed by atoms with Crippen LogP contribution in [0.4, 0.5) is 11.4 Å². The van der Waals surface area contributed by atoms with Crippen LogP contribution in [0.5, 0.6) is 0 Å². The van der Waals surface area contributed by atoms with Gasteiger partial charge in [-0.25, -0.2) is 4.79 Å². The number of thiophene rings is 1. The van der Waals surface area contributed by atoms with Crippen LogP contribution in [0, 0.1) is 0 Å². The number of amides is 2. The number of fused-ring (bicyclic) bond motifs is 1. The molecule has 9 heteroatoms. The van der Waals surface area contributed by atoms with Crippen LogP contribution in [0.2, 0.25) is 5.02 Å². The van der Waals surface area contributed by atoms with Gasteiger partial charge >= 0.3 is 5.97 Å². The topological polar surface area (TPSA) is 95.5 Å². The SMILES string of the molecule is O=C(Nc1ccc(Br)cc1C(=O)O)c1ccc(NC(=O)c2sc3ccccc3c2Cl)cc1. The number of halogens is 2. The van der Waals surface area contributed by atoms with E-state index in [2.05, 4.69) is 26.6 Å². The summed E-state index contributed by atoms with van der Waals surface area (Å²) in [7, 11) is 0. The van der Waals surface area contributed by atoms with Crippen molar-refractivity contribution in [2.45, 2.75) is 0 Å². The van der Waals surface area contributed by atoms with Gasteiger partial charge in [0.1, 0.15) is 4.88 Å². The number of carbonyl (C=O) groups excluding carboxylic acids is 2. The molecular formula is C23H14BrClN2O4S. The molecule has 4 aromatic rings. The molecule has 0 saturated carbocycles. The monoisotopic (exact) mass is 528 g/mol. The molecule has 160 valence electrons. The molecule has 0 saturated heterocycles. The Hall–Kier alpha value is -3.20. The highest BCUT2D eigenvalue weighted by molar-refractivity contribution is 9.10. The molecule has 3 aromatic carbocycles. The fraction of sp³-hybridized carbons (Fsp3) is 0. The molecule has 0 unspecified atom stereocenters. The van der Waals surface area contributed by atoms with Gasteiger partial charge in [0, 0.05) is 25.8 Å². The minimum Gasteiger partial charge on any atom is -0.478 e. The van der Waals surface area contributed by atoms with Crippen molar-refractivity contribution in [3.63, 3.8) is 0 Å². The second kappa shape index (κ2) is 9.12. The van der Waals surface area contributed by atoms with E-state index in [-0.39, 0.29) is 17.2 Å². The van der Waals surface area contributed by atoms with Crippen LogP contribution < -0.4 is 10.6 Å². The van der Waals surface area contributed by atoms with Crippen molar-refractivity contribution < 1.29 is 19.5 Å². The summed E-state index contributed by atoms with van der Waals surface area (Å²) in [6, 6.07) is 18.3. The quantitative estimate of drug-likeness (QED) is 0.274. The van der Waals surface area contributed by atoms with Crippen LogP contribution in [0.3, 0.4) is 0 Å². The summed E-state index contributed by atoms with van der Waals surface area (Å²) >= 11 is 10.9. The van der Waals surface area contributed by atoms with Crippen LogP contribution >= 0.6 is 38.9 Å². The lowest BCUT2D eigenvalue weighted by Gasteiger charge is -2.10. The summed E-state index contributed by atoms with van der Waals surface area (Å²) in [6.45, 7) is 0. The summed E-state index contributed by atoms with van der Waals surface area (Å²) in [4.78, 5) is 37.0. The minimum absolute atomic E-state index is 0.0307. The number of carboxylic acids is 1. The normalized spacial score (nSPS) is 10.7. The Morgan fingerprint density at radius 1 is 0.906 bits per heavy atom. The first-order valence-electron chi connectivity index (χ1n) is 9.26. The molecular weight excluding hydrogens is 516 g/mol. The first-order valence-corrected chi connectivity index (χ1v) is 11.2. The van der Waals surface area contributed by atoms with Crippen molar-refractivity contribution in [3.05, 3.63) is 92.2 Å². The van der Waals surface area contributed by atoms with E-state index in [0.717, 1.165) is 10.1 Å². The van der Waals surface area contributed by atoms with Gasteiger partial charge in [0.05, 0.1) is 16.3 Å². The van der Waals surface area contributed by atoms with Crippen LogP contribution in [0.15, 0.2) is 71.2 Å². The molecule has 4 rings (SSSR count). The van der Waals surface area contributed by atoms with Crippen LogP contribution in [-0.4, -0.2) is 22.9 Å². The largest absolute Gasteiger partial charge is 0.478 e. The predicted octanol–water partition coefficient (Wildman–Crippen LogP) is 6.52. The van der Waals surface area contributed by atoms with Gasteiger partial charge in [-0.2, -0.15) is 0 Å². The molecule has 1 heterocycles. The maximum absolute atomic E-state index is 12.7. The number of hydrogen-bond acceptors (Lipinski definition) is 4. The van der Waals surface area contributed by atoms with E-state index in [4.69, 9.17) is 11.6 Å². The van der Waals surface area contributed by atoms with Gasteiger partial charge in [-0.3, -0.25) is 9.59 Å². The van der Waals surface area contributed by atoms with Crippen molar-refractivity contribution >= 4 is 78.1 Å². The van der Waals surface area contributed by atoms with Crippen molar-refractivity contribution in [2.75, 3.05) is 10.6 Å². The third kappa shape index (κ3) is 4.52. The molecule has 0 aliphatic rings. The molecule has 0 fully saturated rings. The Morgan fingerprint density at radius 2 is 1.62 bits per heavy atom. The summed E-state index contributed by atoms with van der Waals surface area (Å²) in [5.74, 6) is -1.96. The van der Waals surface area contributed by atoms with Crippen molar-refractivity contribution in [3.8, 4) is 0 Å². The highest BCUT2D eigenvalue weighted by atomic mass is 79.9. The molecule has 2 amide bonds. The van der Waals surface area contributed by atoms with Gasteiger partial charge in [-0.1, -0.05) is 45.7 Å². The average molecular weight is 530 g/mol. The number of anilines is 2. The lowest BCUT2D eigenvalue weighted by atomic mass is 10.1. The maximum Gasteiger partial charge on any atom is 0.337 e. The zero-order chi connectivity index (χ0) is 22.8. The molecule has 3 N–H and O–H groups in total. The molecule has 1 aromatic heterocycles. The van der Waals surface area contributed by atoms with Gasteiger partial charge in [0.15, 0.2) is 0 Å². The Morgan fingerprint density at radius 3 is 2.31 bits per heavy atom. The number of benzene rings is 3. The molecule has 0 radical (unpaired) electrons. The lowest BCUT2D eigenvalue weighted by Crippen LogP contribution is -2.15. The van der Waals surface area contributed by atoms with Gasteiger partial charge in [-0.05, 0) is 48.5 Å². The summed E-state index contributed by atoms with van der Waals surface area (Å²) in [5.41, 5.74) is 0.955. The standard InChI is InChI=1S/C23H14BrClN2O4S/c24-13-7-10-17(16(11-13)23(30)31)27-21(28)12-5-8-14(9-6-12)26-22(29)20-19(25)15-3-1-2-4-18(15)32-20/h1-11H,(H,26,29)(H,27,28)(H,30,31). The molecule has 32 heavy (non-hydrogen) atoms. The Kier molecular flexibility index (Phi) is 6.27. The molecule has 0 aliphatic carbocycles. The number of carbonyl (C=O) groups is 3. The van der Waals surface area contributed by atoms with E-state index < -0.39 is 11.9 Å². The van der Waals surface area contributed by atoms with E-state index in [1.807, 2.05) is 24.3 Å². The first-order chi connectivity index (χ1) is 15.3. The average Bonchev–Trinajstić information content (AvgIpc) is 3.12. The smallest absolute Gasteiger partial charge is 0.337 e. The second-order valence-electron chi connectivity index (χ2n) is 6.72. The number of hydrogen-bond donors (Lipinski definition) is 3. The fourth-order valence-electron chi connectivity index (χ4n) is 3.05. The molecule has 0 atom stereocenters. The van der Waals surface area contributed by atoms with E-state index in [9.17, 15) is 19.5 Å². The summed E-state index contributed by atoms with van der Waals surface area (Å²) in [5, 5.41) is 15.9. The zero-order valence-corrected chi connectivity index (χ0v) is 19.3. The Balaban J connectivity index is 1.48. The number of aromatic carboxylic acids is 1. The molecule has 0 spiro atoms. The molecule has 0 aliphatic heterocycles. The van der Waals surface area contributed by atoms with Crippen LogP contribution in [-0.2, 0) is 0 Å². The number of carboxylic acid groups (broad SMARTS) is 1. The second-order valence-corrected chi connectivity index (χ2v) is 9.07. The maximum atomic E-state index is 12.7. The minimum atomic E-state index is -1.15.